The minimum atomic E-state index is 0.524. The first-order valence-electron chi connectivity index (χ1n) is 4.99. The third-order valence-electron chi connectivity index (χ3n) is 2.27. The summed E-state index contributed by atoms with van der Waals surface area (Å²) in [5, 5.41) is 3.46. The van der Waals surface area contributed by atoms with E-state index in [-0.39, 0.29) is 0 Å². The molecule has 0 fully saturated rings. The largest absolute Gasteiger partial charge is 0.469 e. The van der Waals surface area contributed by atoms with Crippen molar-refractivity contribution in [3.63, 3.8) is 0 Å². The Balaban J connectivity index is 2.47. The predicted molar refractivity (Wildman–Crippen MR) is 54.7 cm³/mol. The molecule has 74 valence electrons. The predicted octanol–water partition coefficient (Wildman–Crippen LogP) is 2.46. The molecule has 0 saturated heterocycles. The third kappa shape index (κ3) is 3.23. The summed E-state index contributed by atoms with van der Waals surface area (Å²) in [5.74, 6) is 1.71. The quantitative estimate of drug-likeness (QED) is 0.754. The average molecular weight is 181 g/mol. The van der Waals surface area contributed by atoms with Crippen molar-refractivity contribution in [1.82, 2.24) is 5.32 Å². The molecule has 2 heteroatoms. The fraction of sp³-hybridized carbons (Fsp3) is 0.636. The van der Waals surface area contributed by atoms with Gasteiger partial charge in [0.25, 0.3) is 0 Å². The van der Waals surface area contributed by atoms with E-state index in [9.17, 15) is 0 Å². The van der Waals surface area contributed by atoms with Crippen LogP contribution in [0.3, 0.4) is 0 Å². The lowest BCUT2D eigenvalue weighted by Gasteiger charge is -2.20. The van der Waals surface area contributed by atoms with E-state index in [0.717, 1.165) is 18.7 Å². The van der Waals surface area contributed by atoms with Gasteiger partial charge in [-0.1, -0.05) is 20.8 Å². The average Bonchev–Trinajstić information content (AvgIpc) is 2.56. The Hall–Kier alpha value is -0.760. The van der Waals surface area contributed by atoms with Gasteiger partial charge in [-0.3, -0.25) is 0 Å². The zero-order chi connectivity index (χ0) is 9.68. The molecular weight excluding hydrogens is 162 g/mol. The van der Waals surface area contributed by atoms with Gasteiger partial charge in [-0.05, 0) is 24.6 Å². The molecule has 0 bridgehead atoms. The van der Waals surface area contributed by atoms with Crippen LogP contribution in [0, 0.1) is 5.92 Å². The highest BCUT2D eigenvalue weighted by molar-refractivity contribution is 5.00. The Morgan fingerprint density at radius 2 is 2.23 bits per heavy atom. The van der Waals surface area contributed by atoms with Crippen LogP contribution in [0.1, 0.15) is 26.5 Å². The Morgan fingerprint density at radius 1 is 1.46 bits per heavy atom. The Bertz CT molecular complexity index is 216. The monoisotopic (exact) mass is 181 g/mol. The van der Waals surface area contributed by atoms with Gasteiger partial charge in [-0.15, -0.1) is 0 Å². The molecule has 1 atom stereocenters. The fourth-order valence-electron chi connectivity index (χ4n) is 1.45. The summed E-state index contributed by atoms with van der Waals surface area (Å²) in [5.41, 5.74) is 0. The van der Waals surface area contributed by atoms with Crippen molar-refractivity contribution in [1.29, 1.82) is 0 Å². The molecule has 0 saturated carbocycles. The third-order valence-corrected chi connectivity index (χ3v) is 2.27. The summed E-state index contributed by atoms with van der Waals surface area (Å²) in [6.45, 7) is 7.62. The van der Waals surface area contributed by atoms with E-state index in [4.69, 9.17) is 4.42 Å². The molecule has 0 aliphatic rings. The molecule has 1 unspecified atom stereocenters. The lowest BCUT2D eigenvalue weighted by Crippen LogP contribution is -2.35. The molecule has 1 aromatic heterocycles. The lowest BCUT2D eigenvalue weighted by molar-refractivity contribution is 0.373. The van der Waals surface area contributed by atoms with E-state index in [0.29, 0.717) is 12.0 Å². The first-order chi connectivity index (χ1) is 6.24. The normalized spacial score (nSPS) is 13.5. The molecule has 0 aliphatic carbocycles. The second kappa shape index (κ2) is 5.07. The number of rotatable bonds is 5. The second-order valence-electron chi connectivity index (χ2n) is 3.69. The summed E-state index contributed by atoms with van der Waals surface area (Å²) >= 11 is 0. The fourth-order valence-corrected chi connectivity index (χ4v) is 1.45. The molecule has 1 aromatic rings. The molecule has 0 spiro atoms. The number of furan rings is 1. The molecule has 0 aromatic carbocycles. The van der Waals surface area contributed by atoms with Gasteiger partial charge in [0.05, 0.1) is 6.26 Å². The summed E-state index contributed by atoms with van der Waals surface area (Å²) in [6.07, 6.45) is 2.72. The first kappa shape index (κ1) is 10.3. The van der Waals surface area contributed by atoms with Crippen molar-refractivity contribution < 1.29 is 4.42 Å². The van der Waals surface area contributed by atoms with E-state index >= 15 is 0 Å². The minimum Gasteiger partial charge on any atom is -0.469 e. The van der Waals surface area contributed by atoms with Crippen LogP contribution in [0.2, 0.25) is 0 Å². The topological polar surface area (TPSA) is 25.2 Å². The molecule has 1 N–H and O–H groups in total. The van der Waals surface area contributed by atoms with Gasteiger partial charge in [-0.25, -0.2) is 0 Å². The smallest absolute Gasteiger partial charge is 0.105 e. The van der Waals surface area contributed by atoms with Gasteiger partial charge in [0.15, 0.2) is 0 Å². The molecule has 2 nitrogen and oxygen atoms in total. The second-order valence-corrected chi connectivity index (χ2v) is 3.69. The number of nitrogens with one attached hydrogen (secondary N) is 1. The SMILES string of the molecule is CCNC(Cc1ccco1)C(C)C. The van der Waals surface area contributed by atoms with Crippen molar-refractivity contribution in [3.8, 4) is 0 Å². The number of likely N-dealkylation sites (N-methyl/N-ethyl adjacent to an activating group) is 1. The summed E-state index contributed by atoms with van der Waals surface area (Å²) in [6, 6.07) is 4.50. The van der Waals surface area contributed by atoms with E-state index in [1.807, 2.05) is 12.1 Å². The van der Waals surface area contributed by atoms with Crippen LogP contribution >= 0.6 is 0 Å². The van der Waals surface area contributed by atoms with Crippen LogP contribution in [0.15, 0.2) is 22.8 Å². The number of hydrogen-bond donors (Lipinski definition) is 1. The maximum Gasteiger partial charge on any atom is 0.105 e. The van der Waals surface area contributed by atoms with Gasteiger partial charge in [0, 0.05) is 12.5 Å². The maximum atomic E-state index is 5.32. The van der Waals surface area contributed by atoms with E-state index in [1.54, 1.807) is 6.26 Å². The highest BCUT2D eigenvalue weighted by Gasteiger charge is 2.13. The molecular formula is C11H19NO. The van der Waals surface area contributed by atoms with Crippen molar-refractivity contribution in [2.75, 3.05) is 6.54 Å². The lowest BCUT2D eigenvalue weighted by atomic mass is 10.00. The molecule has 1 heterocycles. The van der Waals surface area contributed by atoms with Crippen molar-refractivity contribution in [3.05, 3.63) is 24.2 Å². The van der Waals surface area contributed by atoms with Crippen LogP contribution < -0.4 is 5.32 Å². The van der Waals surface area contributed by atoms with Gasteiger partial charge < -0.3 is 9.73 Å². The zero-order valence-corrected chi connectivity index (χ0v) is 8.71. The van der Waals surface area contributed by atoms with Crippen LogP contribution in [0.25, 0.3) is 0 Å². The van der Waals surface area contributed by atoms with Crippen LogP contribution in [0.4, 0.5) is 0 Å². The van der Waals surface area contributed by atoms with Gasteiger partial charge in [0.1, 0.15) is 5.76 Å². The van der Waals surface area contributed by atoms with Crippen LogP contribution in [-0.2, 0) is 6.42 Å². The zero-order valence-electron chi connectivity index (χ0n) is 8.71. The van der Waals surface area contributed by atoms with Crippen LogP contribution in [0.5, 0.6) is 0 Å². The Morgan fingerprint density at radius 3 is 2.69 bits per heavy atom. The highest BCUT2D eigenvalue weighted by Crippen LogP contribution is 2.10. The Kier molecular flexibility index (Phi) is 4.03. The van der Waals surface area contributed by atoms with Crippen molar-refractivity contribution in [2.24, 2.45) is 5.92 Å². The number of hydrogen-bond acceptors (Lipinski definition) is 2. The molecule has 13 heavy (non-hydrogen) atoms. The summed E-state index contributed by atoms with van der Waals surface area (Å²) in [4.78, 5) is 0. The van der Waals surface area contributed by atoms with Gasteiger partial charge in [0.2, 0.25) is 0 Å². The van der Waals surface area contributed by atoms with Gasteiger partial charge in [-0.2, -0.15) is 0 Å². The summed E-state index contributed by atoms with van der Waals surface area (Å²) < 4.78 is 5.32. The maximum absolute atomic E-state index is 5.32. The van der Waals surface area contributed by atoms with E-state index in [1.165, 1.54) is 0 Å². The highest BCUT2D eigenvalue weighted by atomic mass is 16.3. The van der Waals surface area contributed by atoms with Crippen LogP contribution in [-0.4, -0.2) is 12.6 Å². The summed E-state index contributed by atoms with van der Waals surface area (Å²) in [7, 11) is 0. The van der Waals surface area contributed by atoms with E-state index < -0.39 is 0 Å². The Labute approximate surface area is 80.3 Å². The molecule has 0 amide bonds. The molecule has 1 rings (SSSR count). The standard InChI is InChI=1S/C11H19NO/c1-4-12-11(9(2)3)8-10-6-5-7-13-10/h5-7,9,11-12H,4,8H2,1-3H3. The van der Waals surface area contributed by atoms with E-state index in [2.05, 4.69) is 26.1 Å². The minimum absolute atomic E-state index is 0.524. The first-order valence-corrected chi connectivity index (χ1v) is 4.99. The van der Waals surface area contributed by atoms with Crippen molar-refractivity contribution in [2.45, 2.75) is 33.2 Å². The van der Waals surface area contributed by atoms with Gasteiger partial charge >= 0.3 is 0 Å². The van der Waals surface area contributed by atoms with Crippen molar-refractivity contribution >= 4 is 0 Å². The molecule has 0 radical (unpaired) electrons. The molecule has 0 aliphatic heterocycles.